The molecule has 1 aliphatic heterocycles. The first kappa shape index (κ1) is 33.1. The molecule has 0 saturated carbocycles. The van der Waals surface area contributed by atoms with Crippen LogP contribution in [0.3, 0.4) is 0 Å². The van der Waals surface area contributed by atoms with E-state index in [1.807, 2.05) is 36.4 Å². The predicted octanol–water partition coefficient (Wildman–Crippen LogP) is 12.7. The van der Waals surface area contributed by atoms with Crippen molar-refractivity contribution in [3.05, 3.63) is 206 Å². The predicted molar refractivity (Wildman–Crippen MR) is 241 cm³/mol. The quantitative estimate of drug-likeness (QED) is 0.183. The molecule has 11 aromatic rings. The van der Waals surface area contributed by atoms with Gasteiger partial charge in [0.2, 0.25) is 5.95 Å². The molecule has 0 bridgehead atoms. The van der Waals surface area contributed by atoms with Gasteiger partial charge in [-0.1, -0.05) is 158 Å². The van der Waals surface area contributed by atoms with E-state index in [0.29, 0.717) is 17.6 Å². The van der Waals surface area contributed by atoms with E-state index in [4.69, 9.17) is 15.0 Å². The third-order valence-corrected chi connectivity index (χ3v) is 11.6. The number of nitrogens with zero attached hydrogens (tertiary/aromatic N) is 6. The number of hydrogen-bond donors (Lipinski definition) is 1. The number of aromatic nitrogens is 5. The van der Waals surface area contributed by atoms with Gasteiger partial charge < -0.3 is 14.8 Å². The molecule has 3 aromatic heterocycles. The summed E-state index contributed by atoms with van der Waals surface area (Å²) < 4.78 is 4.70. The zero-order chi connectivity index (χ0) is 38.9. The van der Waals surface area contributed by atoms with Crippen LogP contribution in [0.5, 0.6) is 0 Å². The van der Waals surface area contributed by atoms with E-state index in [-0.39, 0.29) is 6.17 Å². The zero-order valence-corrected chi connectivity index (χ0v) is 31.8. The average Bonchev–Trinajstić information content (AvgIpc) is 3.99. The molecule has 7 heteroatoms. The minimum absolute atomic E-state index is 0.167. The Bertz CT molecular complexity index is 3290. The van der Waals surface area contributed by atoms with E-state index < -0.39 is 0 Å². The molecule has 1 N–H and O–H groups in total. The standard InChI is InChI=1S/C52H35N7/c1-6-18-34(19-7-1)49-54-50(35-20-8-2-9-21-35)56-52(55-49)59-46-41(32-33-44-45(46)53-51(36-22-10-3-11-23-36)58(44)38-26-14-5-15-27-38)42-31-30-40-39-28-16-17-29-43(39)57(47(40)48(42)59)37-24-12-4-13-25-37/h1-33,51,53H. The van der Waals surface area contributed by atoms with Gasteiger partial charge in [0.05, 0.1) is 33.4 Å². The second kappa shape index (κ2) is 13.3. The van der Waals surface area contributed by atoms with Gasteiger partial charge in [-0.2, -0.15) is 9.97 Å². The Labute approximate surface area is 340 Å². The highest BCUT2D eigenvalue weighted by atomic mass is 15.3. The van der Waals surface area contributed by atoms with E-state index >= 15 is 0 Å². The first-order valence-electron chi connectivity index (χ1n) is 19.9. The van der Waals surface area contributed by atoms with Gasteiger partial charge in [0.15, 0.2) is 11.6 Å². The maximum absolute atomic E-state index is 5.40. The molecule has 0 amide bonds. The van der Waals surface area contributed by atoms with Gasteiger partial charge in [-0.05, 0) is 48.0 Å². The van der Waals surface area contributed by atoms with Gasteiger partial charge >= 0.3 is 0 Å². The van der Waals surface area contributed by atoms with Crippen molar-refractivity contribution in [3.63, 3.8) is 0 Å². The third-order valence-electron chi connectivity index (χ3n) is 11.6. The summed E-state index contributed by atoms with van der Waals surface area (Å²) in [4.78, 5) is 18.3. The Morgan fingerprint density at radius 2 is 0.881 bits per heavy atom. The summed E-state index contributed by atoms with van der Waals surface area (Å²) in [7, 11) is 0. The summed E-state index contributed by atoms with van der Waals surface area (Å²) >= 11 is 0. The molecule has 0 aliphatic carbocycles. The van der Waals surface area contributed by atoms with Crippen molar-refractivity contribution in [2.75, 3.05) is 10.2 Å². The summed E-state index contributed by atoms with van der Waals surface area (Å²) in [6, 6.07) is 70.1. The highest BCUT2D eigenvalue weighted by Gasteiger charge is 2.35. The molecule has 0 spiro atoms. The number of anilines is 3. The molecule has 0 fully saturated rings. The molecule has 4 heterocycles. The van der Waals surface area contributed by atoms with Gasteiger partial charge in [0.25, 0.3) is 0 Å². The van der Waals surface area contributed by atoms with Crippen molar-refractivity contribution in [1.82, 2.24) is 24.1 Å². The maximum Gasteiger partial charge on any atom is 0.238 e. The highest BCUT2D eigenvalue weighted by molar-refractivity contribution is 6.26. The van der Waals surface area contributed by atoms with Crippen LogP contribution in [0.1, 0.15) is 11.7 Å². The van der Waals surface area contributed by atoms with Crippen LogP contribution in [-0.4, -0.2) is 24.1 Å². The summed E-state index contributed by atoms with van der Waals surface area (Å²) in [6.07, 6.45) is -0.167. The van der Waals surface area contributed by atoms with E-state index in [1.165, 1.54) is 5.39 Å². The van der Waals surface area contributed by atoms with Crippen molar-refractivity contribution in [2.24, 2.45) is 0 Å². The lowest BCUT2D eigenvalue weighted by molar-refractivity contribution is 0.828. The molecule has 8 aromatic carbocycles. The zero-order valence-electron chi connectivity index (χ0n) is 31.8. The van der Waals surface area contributed by atoms with Crippen LogP contribution in [0.2, 0.25) is 0 Å². The molecular weight excluding hydrogens is 723 g/mol. The molecule has 278 valence electrons. The molecule has 1 atom stereocenters. The number of benzene rings is 8. The van der Waals surface area contributed by atoms with E-state index in [2.05, 4.69) is 183 Å². The topological polar surface area (TPSA) is 63.8 Å². The molecule has 0 saturated heterocycles. The molecule has 7 nitrogen and oxygen atoms in total. The molecule has 1 aliphatic rings. The molecular formula is C52H35N7. The van der Waals surface area contributed by atoms with Crippen LogP contribution in [-0.2, 0) is 0 Å². The second-order valence-electron chi connectivity index (χ2n) is 14.9. The fourth-order valence-electron chi connectivity index (χ4n) is 9.00. The first-order chi connectivity index (χ1) is 29.3. The lowest BCUT2D eigenvalue weighted by Crippen LogP contribution is -2.23. The van der Waals surface area contributed by atoms with Crippen molar-refractivity contribution in [2.45, 2.75) is 6.17 Å². The maximum atomic E-state index is 5.40. The number of fused-ring (bicyclic) bond motifs is 9. The van der Waals surface area contributed by atoms with Crippen molar-refractivity contribution in [1.29, 1.82) is 0 Å². The van der Waals surface area contributed by atoms with Crippen LogP contribution in [0, 0.1) is 0 Å². The third kappa shape index (κ3) is 5.18. The van der Waals surface area contributed by atoms with Gasteiger partial charge in [0.1, 0.15) is 6.17 Å². The molecule has 0 radical (unpaired) electrons. The fraction of sp³-hybridized carbons (Fsp3) is 0.0192. The summed E-state index contributed by atoms with van der Waals surface area (Å²) in [5.74, 6) is 1.75. The largest absolute Gasteiger partial charge is 0.358 e. The van der Waals surface area contributed by atoms with Crippen LogP contribution in [0.25, 0.3) is 78.0 Å². The summed E-state index contributed by atoms with van der Waals surface area (Å²) in [6.45, 7) is 0. The van der Waals surface area contributed by atoms with Crippen LogP contribution < -0.4 is 10.2 Å². The summed E-state index contributed by atoms with van der Waals surface area (Å²) in [5, 5.41) is 8.59. The summed E-state index contributed by atoms with van der Waals surface area (Å²) in [5.41, 5.74) is 11.5. The minimum Gasteiger partial charge on any atom is -0.358 e. The molecule has 59 heavy (non-hydrogen) atoms. The van der Waals surface area contributed by atoms with Crippen molar-refractivity contribution < 1.29 is 0 Å². The lowest BCUT2D eigenvalue weighted by Gasteiger charge is -2.27. The molecule has 12 rings (SSSR count). The molecule has 1 unspecified atom stereocenters. The number of hydrogen-bond acceptors (Lipinski definition) is 5. The van der Waals surface area contributed by atoms with Gasteiger partial charge in [-0.3, -0.25) is 4.57 Å². The highest BCUT2D eigenvalue weighted by Crippen LogP contribution is 2.52. The Morgan fingerprint density at radius 1 is 0.390 bits per heavy atom. The van der Waals surface area contributed by atoms with Gasteiger partial charge in [-0.15, -0.1) is 0 Å². The van der Waals surface area contributed by atoms with Crippen molar-refractivity contribution >= 4 is 60.7 Å². The average molecular weight is 758 g/mol. The lowest BCUT2D eigenvalue weighted by atomic mass is 10.1. The number of para-hydroxylation sites is 3. The smallest absolute Gasteiger partial charge is 0.238 e. The number of rotatable bonds is 6. The van der Waals surface area contributed by atoms with Crippen LogP contribution >= 0.6 is 0 Å². The first-order valence-corrected chi connectivity index (χ1v) is 19.9. The Morgan fingerprint density at radius 3 is 1.53 bits per heavy atom. The monoisotopic (exact) mass is 757 g/mol. The minimum atomic E-state index is -0.167. The normalized spacial score (nSPS) is 13.7. The van der Waals surface area contributed by atoms with E-state index in [1.54, 1.807) is 0 Å². The van der Waals surface area contributed by atoms with Crippen molar-refractivity contribution in [3.8, 4) is 34.4 Å². The number of nitrogens with one attached hydrogen (secondary N) is 1. The van der Waals surface area contributed by atoms with E-state index in [0.717, 1.165) is 77.7 Å². The van der Waals surface area contributed by atoms with Crippen LogP contribution in [0.15, 0.2) is 200 Å². The van der Waals surface area contributed by atoms with Gasteiger partial charge in [0, 0.05) is 44.0 Å². The fourth-order valence-corrected chi connectivity index (χ4v) is 9.00. The van der Waals surface area contributed by atoms with E-state index in [9.17, 15) is 0 Å². The second-order valence-corrected chi connectivity index (χ2v) is 14.9. The van der Waals surface area contributed by atoms with Gasteiger partial charge in [-0.25, -0.2) is 4.98 Å². The Kier molecular flexibility index (Phi) is 7.46. The van der Waals surface area contributed by atoms with Crippen LogP contribution in [0.4, 0.5) is 17.1 Å². The Hall–Kier alpha value is -8.03. The Balaban J connectivity index is 1.27. The SMILES string of the molecule is c1ccc(-c2nc(-c3ccccc3)nc(-n3c4c5c(ccc4c4ccc6c7ccccc7n(-c7ccccc7)c6c43)N(c3ccccc3)C(c3ccccc3)N5)n2)cc1.